The normalized spacial score (nSPS) is 20.2. The minimum atomic E-state index is -0.00132. The number of benzene rings is 1. The molecule has 2 heterocycles. The molecule has 0 radical (unpaired) electrons. The fraction of sp³-hybridized carbons (Fsp3) is 0.421. The number of rotatable bonds is 5. The zero-order chi connectivity index (χ0) is 15.8. The molecule has 4 rings (SSSR count). The minimum absolute atomic E-state index is 0.00132. The van der Waals surface area contributed by atoms with E-state index >= 15 is 0 Å². The highest BCUT2D eigenvalue weighted by Gasteiger charge is 2.25. The summed E-state index contributed by atoms with van der Waals surface area (Å²) in [4.78, 5) is 4.20. The van der Waals surface area contributed by atoms with Crippen molar-refractivity contribution in [2.45, 2.75) is 38.3 Å². The van der Waals surface area contributed by atoms with Crippen LogP contribution in [0.4, 0.5) is 0 Å². The van der Waals surface area contributed by atoms with E-state index in [1.165, 1.54) is 18.4 Å². The lowest BCUT2D eigenvalue weighted by Gasteiger charge is -2.26. The standard InChI is InChI=1S/C19H22N2O2/c1-12-18-10-21-7-6-16(18)17-5-4-15(9-19(17)23-12)22-11-14(20)8-13-2-3-13/h4-7,9-10,12-14H,2-3,8,11,20H2,1H3. The molecule has 0 spiro atoms. The van der Waals surface area contributed by atoms with Crippen LogP contribution in [-0.2, 0) is 0 Å². The van der Waals surface area contributed by atoms with Crippen molar-refractivity contribution >= 4 is 0 Å². The summed E-state index contributed by atoms with van der Waals surface area (Å²) in [7, 11) is 0. The largest absolute Gasteiger partial charge is 0.492 e. The second-order valence-corrected chi connectivity index (χ2v) is 6.63. The summed E-state index contributed by atoms with van der Waals surface area (Å²) < 4.78 is 11.9. The number of ether oxygens (including phenoxy) is 2. The van der Waals surface area contributed by atoms with Gasteiger partial charge in [-0.1, -0.05) is 12.8 Å². The summed E-state index contributed by atoms with van der Waals surface area (Å²) in [6.45, 7) is 2.61. The topological polar surface area (TPSA) is 57.4 Å². The van der Waals surface area contributed by atoms with E-state index in [9.17, 15) is 0 Å². The summed E-state index contributed by atoms with van der Waals surface area (Å²) in [5.41, 5.74) is 9.53. The van der Waals surface area contributed by atoms with Gasteiger partial charge in [-0.05, 0) is 43.0 Å². The first kappa shape index (κ1) is 14.5. The van der Waals surface area contributed by atoms with Crippen LogP contribution >= 0.6 is 0 Å². The number of pyridine rings is 1. The van der Waals surface area contributed by atoms with E-state index in [0.717, 1.165) is 35.0 Å². The first-order valence-electron chi connectivity index (χ1n) is 8.34. The Bertz CT molecular complexity index is 712. The smallest absolute Gasteiger partial charge is 0.131 e. The molecule has 2 N–H and O–H groups in total. The van der Waals surface area contributed by atoms with Crippen LogP contribution < -0.4 is 15.2 Å². The molecule has 2 unspecified atom stereocenters. The van der Waals surface area contributed by atoms with Gasteiger partial charge in [0.25, 0.3) is 0 Å². The fourth-order valence-corrected chi connectivity index (χ4v) is 3.20. The lowest BCUT2D eigenvalue weighted by atomic mass is 9.95. The van der Waals surface area contributed by atoms with E-state index in [0.29, 0.717) is 6.61 Å². The van der Waals surface area contributed by atoms with Crippen LogP contribution in [0, 0.1) is 5.92 Å². The Kier molecular flexibility index (Phi) is 3.69. The van der Waals surface area contributed by atoms with Crippen LogP contribution in [0.25, 0.3) is 11.1 Å². The van der Waals surface area contributed by atoms with Gasteiger partial charge in [0.2, 0.25) is 0 Å². The average molecular weight is 310 g/mol. The number of hydrogen-bond acceptors (Lipinski definition) is 4. The summed E-state index contributed by atoms with van der Waals surface area (Å²) in [5.74, 6) is 2.51. The summed E-state index contributed by atoms with van der Waals surface area (Å²) in [6, 6.07) is 8.18. The molecule has 1 saturated carbocycles. The van der Waals surface area contributed by atoms with Gasteiger partial charge >= 0.3 is 0 Å². The Balaban J connectivity index is 1.51. The van der Waals surface area contributed by atoms with Crippen molar-refractivity contribution in [1.29, 1.82) is 0 Å². The third kappa shape index (κ3) is 3.04. The highest BCUT2D eigenvalue weighted by Crippen LogP contribution is 2.43. The van der Waals surface area contributed by atoms with Crippen molar-refractivity contribution < 1.29 is 9.47 Å². The molecule has 1 fully saturated rings. The molecule has 4 heteroatoms. The monoisotopic (exact) mass is 310 g/mol. The zero-order valence-electron chi connectivity index (χ0n) is 13.4. The third-order valence-electron chi connectivity index (χ3n) is 4.63. The van der Waals surface area contributed by atoms with E-state index in [1.807, 2.05) is 37.5 Å². The second-order valence-electron chi connectivity index (χ2n) is 6.63. The van der Waals surface area contributed by atoms with Crippen LogP contribution in [-0.4, -0.2) is 17.6 Å². The predicted octanol–water partition coefficient (Wildman–Crippen LogP) is 3.71. The highest BCUT2D eigenvalue weighted by molar-refractivity contribution is 5.76. The van der Waals surface area contributed by atoms with Gasteiger partial charge in [-0.25, -0.2) is 0 Å². The van der Waals surface area contributed by atoms with Gasteiger partial charge in [-0.3, -0.25) is 4.98 Å². The number of aromatic nitrogens is 1. The van der Waals surface area contributed by atoms with Gasteiger partial charge in [-0.15, -0.1) is 0 Å². The molecule has 1 aliphatic heterocycles. The second kappa shape index (κ2) is 5.85. The Labute approximate surface area is 136 Å². The lowest BCUT2D eigenvalue weighted by Crippen LogP contribution is -2.28. The first-order valence-corrected chi connectivity index (χ1v) is 8.34. The van der Waals surface area contributed by atoms with E-state index in [1.54, 1.807) is 0 Å². The van der Waals surface area contributed by atoms with Crippen molar-refractivity contribution in [3.63, 3.8) is 0 Å². The average Bonchev–Trinajstić information content (AvgIpc) is 3.37. The van der Waals surface area contributed by atoms with Crippen molar-refractivity contribution in [3.8, 4) is 22.6 Å². The summed E-state index contributed by atoms with van der Waals surface area (Å²) >= 11 is 0. The molecule has 4 nitrogen and oxygen atoms in total. The van der Waals surface area contributed by atoms with Gasteiger partial charge in [0.1, 0.15) is 24.2 Å². The van der Waals surface area contributed by atoms with E-state index < -0.39 is 0 Å². The Morgan fingerprint density at radius 1 is 1.30 bits per heavy atom. The molecule has 23 heavy (non-hydrogen) atoms. The van der Waals surface area contributed by atoms with Crippen molar-refractivity contribution in [2.24, 2.45) is 11.7 Å². The molecule has 2 aromatic rings. The maximum atomic E-state index is 6.12. The van der Waals surface area contributed by atoms with Crippen molar-refractivity contribution in [2.75, 3.05) is 6.61 Å². The Hall–Kier alpha value is -2.07. The maximum absolute atomic E-state index is 6.12. The Morgan fingerprint density at radius 3 is 3.00 bits per heavy atom. The molecule has 0 saturated heterocycles. The number of hydrogen-bond donors (Lipinski definition) is 1. The molecular weight excluding hydrogens is 288 g/mol. The zero-order valence-corrected chi connectivity index (χ0v) is 13.4. The highest BCUT2D eigenvalue weighted by atomic mass is 16.5. The number of nitrogens with zero attached hydrogens (tertiary/aromatic N) is 1. The third-order valence-corrected chi connectivity index (χ3v) is 4.63. The molecule has 2 atom stereocenters. The lowest BCUT2D eigenvalue weighted by molar-refractivity contribution is 0.220. The van der Waals surface area contributed by atoms with E-state index in [4.69, 9.17) is 15.2 Å². The van der Waals surface area contributed by atoms with Gasteiger partial charge in [0, 0.05) is 35.6 Å². The van der Waals surface area contributed by atoms with Crippen molar-refractivity contribution in [1.82, 2.24) is 4.98 Å². The van der Waals surface area contributed by atoms with Crippen LogP contribution in [0.5, 0.6) is 11.5 Å². The van der Waals surface area contributed by atoms with E-state index in [2.05, 4.69) is 11.1 Å². The van der Waals surface area contributed by atoms with Crippen molar-refractivity contribution in [3.05, 3.63) is 42.2 Å². The number of nitrogens with two attached hydrogens (primary N) is 1. The molecule has 2 aliphatic rings. The molecule has 0 bridgehead atoms. The van der Waals surface area contributed by atoms with Crippen LogP contribution in [0.15, 0.2) is 36.7 Å². The minimum Gasteiger partial charge on any atom is -0.492 e. The Morgan fingerprint density at radius 2 is 2.17 bits per heavy atom. The van der Waals surface area contributed by atoms with Gasteiger partial charge in [0.15, 0.2) is 0 Å². The molecule has 1 aromatic carbocycles. The fourth-order valence-electron chi connectivity index (χ4n) is 3.20. The summed E-state index contributed by atoms with van der Waals surface area (Å²) in [6.07, 6.45) is 7.42. The summed E-state index contributed by atoms with van der Waals surface area (Å²) in [5, 5.41) is 0. The SMILES string of the molecule is CC1Oc2cc(OCC(N)CC3CC3)ccc2-c2ccncc21. The molecule has 120 valence electrons. The molecule has 0 amide bonds. The predicted molar refractivity (Wildman–Crippen MR) is 89.5 cm³/mol. The van der Waals surface area contributed by atoms with Crippen LogP contribution in [0.1, 0.15) is 37.9 Å². The number of fused-ring (bicyclic) bond motifs is 3. The van der Waals surface area contributed by atoms with Crippen LogP contribution in [0.3, 0.4) is 0 Å². The first-order chi connectivity index (χ1) is 11.2. The molecular formula is C19H22N2O2. The van der Waals surface area contributed by atoms with Gasteiger partial charge in [0.05, 0.1) is 0 Å². The van der Waals surface area contributed by atoms with Gasteiger partial charge < -0.3 is 15.2 Å². The van der Waals surface area contributed by atoms with Crippen LogP contribution in [0.2, 0.25) is 0 Å². The van der Waals surface area contributed by atoms with Gasteiger partial charge in [-0.2, -0.15) is 0 Å². The maximum Gasteiger partial charge on any atom is 0.131 e. The van der Waals surface area contributed by atoms with E-state index in [-0.39, 0.29) is 12.1 Å². The quantitative estimate of drug-likeness (QED) is 0.914. The molecule has 1 aromatic heterocycles. The molecule has 1 aliphatic carbocycles.